The van der Waals surface area contributed by atoms with Gasteiger partial charge in [-0.2, -0.15) is 0 Å². The van der Waals surface area contributed by atoms with Crippen molar-refractivity contribution in [2.75, 3.05) is 20.5 Å². The molecule has 1 aliphatic heterocycles. The van der Waals surface area contributed by atoms with Gasteiger partial charge in [0.25, 0.3) is 0 Å². The maximum Gasteiger partial charge on any atom is 0.201 e. The van der Waals surface area contributed by atoms with E-state index in [2.05, 4.69) is 54.7 Å². The molecule has 1 fully saturated rings. The van der Waals surface area contributed by atoms with Gasteiger partial charge in [-0.25, -0.2) is 0 Å². The predicted molar refractivity (Wildman–Crippen MR) is 137 cm³/mol. The minimum atomic E-state index is -2.22. The lowest BCUT2D eigenvalue weighted by Gasteiger charge is -2.45. The summed E-state index contributed by atoms with van der Waals surface area (Å²) in [5.41, 5.74) is 2.74. The summed E-state index contributed by atoms with van der Waals surface area (Å²) in [5.74, 6) is -0.861. The van der Waals surface area contributed by atoms with Crippen LogP contribution in [-0.2, 0) is 23.4 Å². The topological polar surface area (TPSA) is 66.4 Å². The molecule has 192 valence electrons. The Labute approximate surface area is 203 Å². The molecular weight excluding hydrogens is 436 g/mol. The first-order chi connectivity index (χ1) is 15.3. The third-order valence-corrected chi connectivity index (χ3v) is 12.8. The number of methoxy groups -OCH3 is 1. The zero-order chi connectivity index (χ0) is 25.6. The fraction of sp³-hybridized carbons (Fsp3) is 0.769. The van der Waals surface area contributed by atoms with Gasteiger partial charge in [0.2, 0.25) is 8.32 Å². The number of hydrogen-bond acceptors (Lipinski definition) is 6. The molecule has 1 rings (SSSR count). The Morgan fingerprint density at radius 1 is 1.03 bits per heavy atom. The second-order valence-corrected chi connectivity index (χ2v) is 15.7. The van der Waals surface area contributed by atoms with Crippen LogP contribution in [0.2, 0.25) is 16.6 Å². The SMILES string of the molecule is C=C/C(COCOC)=C(\C)[C@@H](O)[C@H]1OC(C)(C)O[C@H]1[C@H](C=C)O[Si](C(C)C)(C(C)C)C(C)C. The molecule has 0 unspecified atom stereocenters. The number of hydrogen-bond donors (Lipinski definition) is 1. The maximum absolute atomic E-state index is 11.4. The average Bonchev–Trinajstić information content (AvgIpc) is 3.05. The third kappa shape index (κ3) is 7.10. The summed E-state index contributed by atoms with van der Waals surface area (Å²) >= 11 is 0. The molecular formula is C26H48O6Si. The van der Waals surface area contributed by atoms with Crippen LogP contribution >= 0.6 is 0 Å². The minimum Gasteiger partial charge on any atom is -0.407 e. The summed E-state index contributed by atoms with van der Waals surface area (Å²) in [4.78, 5) is 0. The Kier molecular flexibility index (Phi) is 11.7. The summed E-state index contributed by atoms with van der Waals surface area (Å²) in [5, 5.41) is 11.4. The van der Waals surface area contributed by atoms with Crippen molar-refractivity contribution < 1.29 is 28.5 Å². The highest BCUT2D eigenvalue weighted by molar-refractivity contribution is 6.77. The van der Waals surface area contributed by atoms with Crippen molar-refractivity contribution in [2.45, 2.75) is 109 Å². The summed E-state index contributed by atoms with van der Waals surface area (Å²) in [6.45, 7) is 27.5. The quantitative estimate of drug-likeness (QED) is 0.112. The molecule has 0 amide bonds. The van der Waals surface area contributed by atoms with Gasteiger partial charge in [0.15, 0.2) is 5.79 Å². The molecule has 33 heavy (non-hydrogen) atoms. The van der Waals surface area contributed by atoms with Gasteiger partial charge in [-0.1, -0.05) is 60.3 Å². The first-order valence-electron chi connectivity index (χ1n) is 12.0. The van der Waals surface area contributed by atoms with Gasteiger partial charge < -0.3 is 28.5 Å². The molecule has 0 aromatic carbocycles. The van der Waals surface area contributed by atoms with Crippen LogP contribution in [0.1, 0.15) is 62.3 Å². The van der Waals surface area contributed by atoms with E-state index in [1.165, 1.54) is 0 Å². The normalized spacial score (nSPS) is 23.7. The van der Waals surface area contributed by atoms with Crippen LogP contribution in [0.5, 0.6) is 0 Å². The Bertz CT molecular complexity index is 648. The average molecular weight is 485 g/mol. The molecule has 0 aromatic rings. The Balaban J connectivity index is 3.34. The summed E-state index contributed by atoms with van der Waals surface area (Å²) in [6, 6.07) is 0. The molecule has 0 aliphatic carbocycles. The van der Waals surface area contributed by atoms with Gasteiger partial charge in [0, 0.05) is 7.11 Å². The van der Waals surface area contributed by atoms with Gasteiger partial charge in [-0.15, -0.1) is 6.58 Å². The van der Waals surface area contributed by atoms with E-state index in [0.717, 1.165) is 11.1 Å². The highest BCUT2D eigenvalue weighted by atomic mass is 28.4. The van der Waals surface area contributed by atoms with E-state index in [-0.39, 0.29) is 13.4 Å². The van der Waals surface area contributed by atoms with E-state index in [1.807, 2.05) is 20.8 Å². The van der Waals surface area contributed by atoms with E-state index in [0.29, 0.717) is 16.6 Å². The molecule has 0 aromatic heterocycles. The van der Waals surface area contributed by atoms with Crippen LogP contribution < -0.4 is 0 Å². The largest absolute Gasteiger partial charge is 0.407 e. The monoisotopic (exact) mass is 484 g/mol. The molecule has 0 saturated carbocycles. The summed E-state index contributed by atoms with van der Waals surface area (Å²) < 4.78 is 30.0. The van der Waals surface area contributed by atoms with E-state index in [4.69, 9.17) is 23.4 Å². The van der Waals surface area contributed by atoms with E-state index < -0.39 is 38.5 Å². The zero-order valence-electron chi connectivity index (χ0n) is 22.5. The lowest BCUT2D eigenvalue weighted by atomic mass is 9.95. The van der Waals surface area contributed by atoms with E-state index in [9.17, 15) is 5.11 Å². The molecule has 1 aliphatic rings. The van der Waals surface area contributed by atoms with Gasteiger partial charge in [-0.3, -0.25) is 0 Å². The molecule has 0 spiro atoms. The second-order valence-electron chi connectivity index (χ2n) is 10.3. The highest BCUT2D eigenvalue weighted by Crippen LogP contribution is 2.45. The van der Waals surface area contributed by atoms with Crippen molar-refractivity contribution in [1.29, 1.82) is 0 Å². The molecule has 1 saturated heterocycles. The Hall–Kier alpha value is -0.803. The fourth-order valence-electron chi connectivity index (χ4n) is 5.21. The van der Waals surface area contributed by atoms with Gasteiger partial charge in [0.05, 0.1) is 12.7 Å². The molecule has 1 N–H and O–H groups in total. The molecule has 7 heteroatoms. The highest BCUT2D eigenvalue weighted by Gasteiger charge is 2.53. The fourth-order valence-corrected chi connectivity index (χ4v) is 10.7. The lowest BCUT2D eigenvalue weighted by Crippen LogP contribution is -2.54. The standard InChI is InChI=1S/C26H48O6Si/c1-13-21(15-29-16-28-12)20(9)23(27)25-24(30-26(10,11)31-25)22(14-2)32-33(17(3)4,18(5)6)19(7)8/h13-14,17-19,22-25,27H,1-2,15-16H2,3-12H3/b21-20-/t22-,23+,24-,25+/m0/s1. The van der Waals surface area contributed by atoms with Crippen molar-refractivity contribution in [2.24, 2.45) is 0 Å². The van der Waals surface area contributed by atoms with Crippen molar-refractivity contribution >= 4 is 8.32 Å². The predicted octanol–water partition coefficient (Wildman–Crippen LogP) is 5.74. The van der Waals surface area contributed by atoms with Gasteiger partial charge >= 0.3 is 0 Å². The van der Waals surface area contributed by atoms with Crippen molar-refractivity contribution in [1.82, 2.24) is 0 Å². The summed E-state index contributed by atoms with van der Waals surface area (Å²) in [7, 11) is -0.649. The van der Waals surface area contributed by atoms with Crippen LogP contribution in [0.25, 0.3) is 0 Å². The Morgan fingerprint density at radius 3 is 1.97 bits per heavy atom. The van der Waals surface area contributed by atoms with Gasteiger partial charge in [0.1, 0.15) is 25.1 Å². The minimum absolute atomic E-state index is 0.165. The zero-order valence-corrected chi connectivity index (χ0v) is 23.5. The maximum atomic E-state index is 11.4. The van der Waals surface area contributed by atoms with Crippen LogP contribution in [0.15, 0.2) is 36.5 Å². The van der Waals surface area contributed by atoms with Crippen molar-refractivity contribution in [3.63, 3.8) is 0 Å². The Morgan fingerprint density at radius 2 is 1.55 bits per heavy atom. The molecule has 0 radical (unpaired) electrons. The van der Waals surface area contributed by atoms with Crippen LogP contribution in [-0.4, -0.2) is 64.1 Å². The first kappa shape index (κ1) is 30.2. The van der Waals surface area contributed by atoms with Crippen LogP contribution in [0.4, 0.5) is 0 Å². The van der Waals surface area contributed by atoms with Gasteiger partial charge in [-0.05, 0) is 48.5 Å². The van der Waals surface area contributed by atoms with Crippen molar-refractivity contribution in [3.05, 3.63) is 36.5 Å². The molecule has 6 nitrogen and oxygen atoms in total. The molecule has 4 atom stereocenters. The van der Waals surface area contributed by atoms with Crippen LogP contribution in [0, 0.1) is 0 Å². The third-order valence-electron chi connectivity index (χ3n) is 6.73. The van der Waals surface area contributed by atoms with E-state index >= 15 is 0 Å². The molecule has 1 heterocycles. The number of aliphatic hydroxyl groups is 1. The van der Waals surface area contributed by atoms with E-state index in [1.54, 1.807) is 19.3 Å². The number of aliphatic hydroxyl groups excluding tert-OH is 1. The summed E-state index contributed by atoms with van der Waals surface area (Å²) in [6.07, 6.45) is 1.04. The smallest absolute Gasteiger partial charge is 0.201 e. The van der Waals surface area contributed by atoms with Crippen LogP contribution in [0.3, 0.4) is 0 Å². The lowest BCUT2D eigenvalue weighted by molar-refractivity contribution is -0.157. The number of ether oxygens (including phenoxy) is 4. The second kappa shape index (κ2) is 12.8. The number of rotatable bonds is 14. The molecule has 0 bridgehead atoms. The van der Waals surface area contributed by atoms with Crippen molar-refractivity contribution in [3.8, 4) is 0 Å². The first-order valence-corrected chi connectivity index (χ1v) is 14.2.